The van der Waals surface area contributed by atoms with Gasteiger partial charge < -0.3 is 10.5 Å². The summed E-state index contributed by atoms with van der Waals surface area (Å²) < 4.78 is 6.82. The maximum atomic E-state index is 6.13. The Morgan fingerprint density at radius 3 is 2.74 bits per heavy atom. The van der Waals surface area contributed by atoms with Crippen LogP contribution in [-0.4, -0.2) is 11.0 Å². The lowest BCUT2D eigenvalue weighted by Crippen LogP contribution is -2.29. The number of hydrogen-bond acceptors (Lipinski definition) is 3. The average molecular weight is 342 g/mol. The minimum absolute atomic E-state index is 0.204. The van der Waals surface area contributed by atoms with E-state index in [0.717, 1.165) is 10.2 Å². The molecule has 0 saturated carbocycles. The number of rotatable bonds is 4. The predicted molar refractivity (Wildman–Crippen MR) is 80.4 cm³/mol. The highest BCUT2D eigenvalue weighted by atomic mass is 79.9. The van der Waals surface area contributed by atoms with Gasteiger partial charge in [0.1, 0.15) is 5.75 Å². The molecule has 0 saturated heterocycles. The maximum absolute atomic E-state index is 6.13. The van der Waals surface area contributed by atoms with E-state index in [2.05, 4.69) is 20.9 Å². The maximum Gasteiger partial charge on any atom is 0.155 e. The monoisotopic (exact) mass is 340 g/mol. The highest BCUT2D eigenvalue weighted by Gasteiger charge is 2.20. The molecule has 0 aliphatic heterocycles. The third kappa shape index (κ3) is 3.69. The van der Waals surface area contributed by atoms with Gasteiger partial charge in [-0.3, -0.25) is 4.98 Å². The van der Waals surface area contributed by atoms with Gasteiger partial charge in [-0.1, -0.05) is 33.6 Å². The molecular formula is C14H14BrClN2O. The molecule has 0 fully saturated rings. The second-order valence-corrected chi connectivity index (χ2v) is 5.55. The van der Waals surface area contributed by atoms with Gasteiger partial charge in [0.05, 0.1) is 10.7 Å². The largest absolute Gasteiger partial charge is 0.481 e. The summed E-state index contributed by atoms with van der Waals surface area (Å²) in [6, 6.07) is 10.9. The molecule has 3 nitrogen and oxygen atoms in total. The first-order chi connectivity index (χ1) is 9.08. The number of nitrogens with zero attached hydrogens (tertiary/aromatic N) is 1. The van der Waals surface area contributed by atoms with E-state index in [4.69, 9.17) is 22.1 Å². The van der Waals surface area contributed by atoms with Crippen LogP contribution in [0.2, 0.25) is 5.02 Å². The van der Waals surface area contributed by atoms with Crippen molar-refractivity contribution >= 4 is 27.5 Å². The molecule has 2 aromatic rings. The summed E-state index contributed by atoms with van der Waals surface area (Å²) in [5.41, 5.74) is 6.77. The molecule has 2 rings (SSSR count). The molecule has 2 unspecified atom stereocenters. The Hall–Kier alpha value is -1.10. The van der Waals surface area contributed by atoms with Crippen molar-refractivity contribution < 1.29 is 4.74 Å². The zero-order valence-electron chi connectivity index (χ0n) is 10.4. The van der Waals surface area contributed by atoms with Gasteiger partial charge in [-0.15, -0.1) is 0 Å². The summed E-state index contributed by atoms with van der Waals surface area (Å²) in [6.45, 7) is 1.88. The first-order valence-corrected chi connectivity index (χ1v) is 7.03. The zero-order valence-corrected chi connectivity index (χ0v) is 12.7. The molecule has 1 aromatic heterocycles. The first kappa shape index (κ1) is 14.3. The zero-order chi connectivity index (χ0) is 13.8. The standard InChI is InChI=1S/C14H14BrClN2O/c1-9(17)14(12-4-2-3-7-18-12)19-13-8-10(15)5-6-11(13)16/h2-9,14H,17H2,1H3. The fourth-order valence-corrected chi connectivity index (χ4v) is 2.19. The highest BCUT2D eigenvalue weighted by Crippen LogP contribution is 2.32. The molecule has 0 aliphatic rings. The Labute approximate surface area is 125 Å². The molecule has 2 N–H and O–H groups in total. The minimum atomic E-state index is -0.340. The smallest absolute Gasteiger partial charge is 0.155 e. The van der Waals surface area contributed by atoms with E-state index in [1.807, 2.05) is 37.3 Å². The van der Waals surface area contributed by atoms with Gasteiger partial charge in [0.2, 0.25) is 0 Å². The Morgan fingerprint density at radius 1 is 1.32 bits per heavy atom. The Balaban J connectivity index is 2.29. The van der Waals surface area contributed by atoms with Crippen LogP contribution in [0.25, 0.3) is 0 Å². The number of hydrogen-bond donors (Lipinski definition) is 1. The van der Waals surface area contributed by atoms with Crippen LogP contribution in [-0.2, 0) is 0 Å². The predicted octanol–water partition coefficient (Wildman–Crippen LogP) is 3.96. The molecule has 19 heavy (non-hydrogen) atoms. The molecule has 2 atom stereocenters. The van der Waals surface area contributed by atoms with Crippen LogP contribution in [0.3, 0.4) is 0 Å². The van der Waals surface area contributed by atoms with Crippen molar-refractivity contribution in [1.29, 1.82) is 0 Å². The Bertz CT molecular complexity index is 548. The van der Waals surface area contributed by atoms with E-state index < -0.39 is 0 Å². The highest BCUT2D eigenvalue weighted by molar-refractivity contribution is 9.10. The van der Waals surface area contributed by atoms with Crippen molar-refractivity contribution in [2.45, 2.75) is 19.1 Å². The van der Waals surface area contributed by atoms with E-state index in [-0.39, 0.29) is 12.1 Å². The molecule has 0 radical (unpaired) electrons. The SMILES string of the molecule is CC(N)C(Oc1cc(Br)ccc1Cl)c1ccccn1. The Kier molecular flexibility index (Phi) is 4.80. The van der Waals surface area contributed by atoms with Crippen LogP contribution in [0.5, 0.6) is 5.75 Å². The van der Waals surface area contributed by atoms with Crippen molar-refractivity contribution in [3.05, 3.63) is 57.8 Å². The number of benzene rings is 1. The molecule has 1 heterocycles. The summed E-state index contributed by atoms with van der Waals surface area (Å²) >= 11 is 9.52. The van der Waals surface area contributed by atoms with E-state index in [1.54, 1.807) is 12.3 Å². The molecular weight excluding hydrogens is 328 g/mol. The number of pyridine rings is 1. The van der Waals surface area contributed by atoms with E-state index in [9.17, 15) is 0 Å². The third-order valence-electron chi connectivity index (χ3n) is 2.60. The number of halogens is 2. The van der Waals surface area contributed by atoms with Crippen LogP contribution < -0.4 is 10.5 Å². The van der Waals surface area contributed by atoms with Crippen LogP contribution in [0.4, 0.5) is 0 Å². The number of nitrogens with two attached hydrogens (primary N) is 1. The molecule has 100 valence electrons. The Morgan fingerprint density at radius 2 is 2.11 bits per heavy atom. The van der Waals surface area contributed by atoms with E-state index in [0.29, 0.717) is 10.8 Å². The summed E-state index contributed by atoms with van der Waals surface area (Å²) in [4.78, 5) is 4.29. The second-order valence-electron chi connectivity index (χ2n) is 4.23. The molecule has 5 heteroatoms. The van der Waals surface area contributed by atoms with Gasteiger partial charge in [0.15, 0.2) is 6.10 Å². The summed E-state index contributed by atoms with van der Waals surface area (Å²) in [5.74, 6) is 0.587. The normalized spacial score (nSPS) is 13.9. The van der Waals surface area contributed by atoms with Crippen molar-refractivity contribution in [2.75, 3.05) is 0 Å². The summed E-state index contributed by atoms with van der Waals surface area (Å²) in [6.07, 6.45) is 1.38. The van der Waals surface area contributed by atoms with E-state index >= 15 is 0 Å². The summed E-state index contributed by atoms with van der Waals surface area (Å²) in [5, 5.41) is 0.546. The minimum Gasteiger partial charge on any atom is -0.481 e. The lowest BCUT2D eigenvalue weighted by atomic mass is 10.1. The van der Waals surface area contributed by atoms with Crippen LogP contribution in [0.1, 0.15) is 18.7 Å². The van der Waals surface area contributed by atoms with Gasteiger partial charge >= 0.3 is 0 Å². The van der Waals surface area contributed by atoms with Gasteiger partial charge in [-0.05, 0) is 37.3 Å². The quantitative estimate of drug-likeness (QED) is 0.915. The molecule has 1 aromatic carbocycles. The fraction of sp³-hybridized carbons (Fsp3) is 0.214. The molecule has 0 bridgehead atoms. The number of aromatic nitrogens is 1. The van der Waals surface area contributed by atoms with Gasteiger partial charge in [-0.25, -0.2) is 0 Å². The first-order valence-electron chi connectivity index (χ1n) is 5.86. The van der Waals surface area contributed by atoms with Crippen molar-refractivity contribution in [3.8, 4) is 5.75 Å². The van der Waals surface area contributed by atoms with Crippen LogP contribution in [0.15, 0.2) is 47.1 Å². The van der Waals surface area contributed by atoms with Crippen LogP contribution >= 0.6 is 27.5 Å². The molecule has 0 spiro atoms. The van der Waals surface area contributed by atoms with Crippen molar-refractivity contribution in [1.82, 2.24) is 4.98 Å². The summed E-state index contributed by atoms with van der Waals surface area (Å²) in [7, 11) is 0. The molecule has 0 amide bonds. The second kappa shape index (κ2) is 6.37. The lowest BCUT2D eigenvalue weighted by Gasteiger charge is -2.22. The van der Waals surface area contributed by atoms with Gasteiger partial charge in [0.25, 0.3) is 0 Å². The third-order valence-corrected chi connectivity index (χ3v) is 3.41. The topological polar surface area (TPSA) is 48.1 Å². The van der Waals surface area contributed by atoms with Crippen molar-refractivity contribution in [2.24, 2.45) is 5.73 Å². The lowest BCUT2D eigenvalue weighted by molar-refractivity contribution is 0.176. The van der Waals surface area contributed by atoms with Gasteiger partial charge in [-0.2, -0.15) is 0 Å². The average Bonchev–Trinajstić information content (AvgIpc) is 2.40. The van der Waals surface area contributed by atoms with E-state index in [1.165, 1.54) is 0 Å². The van der Waals surface area contributed by atoms with Crippen LogP contribution in [0, 0.1) is 0 Å². The van der Waals surface area contributed by atoms with Crippen molar-refractivity contribution in [3.63, 3.8) is 0 Å². The fourth-order valence-electron chi connectivity index (χ4n) is 1.69. The molecule has 0 aliphatic carbocycles. The number of ether oxygens (including phenoxy) is 1. The van der Waals surface area contributed by atoms with Gasteiger partial charge in [0, 0.05) is 16.7 Å².